The van der Waals surface area contributed by atoms with E-state index in [4.69, 9.17) is 4.74 Å². The van der Waals surface area contributed by atoms with Crippen LogP contribution in [-0.4, -0.2) is 25.5 Å². The number of pyridine rings is 1. The molecule has 0 saturated heterocycles. The van der Waals surface area contributed by atoms with E-state index in [1.54, 1.807) is 18.3 Å². The van der Waals surface area contributed by atoms with Crippen LogP contribution in [0.5, 0.6) is 5.88 Å². The van der Waals surface area contributed by atoms with Gasteiger partial charge in [0.15, 0.2) is 11.6 Å². The largest absolute Gasteiger partial charge is 0.474 e. The Hall–Kier alpha value is -2.06. The van der Waals surface area contributed by atoms with Crippen LogP contribution in [0.1, 0.15) is 25.7 Å². The summed E-state index contributed by atoms with van der Waals surface area (Å²) in [6, 6.07) is 7.70. The van der Waals surface area contributed by atoms with Crippen LogP contribution in [-0.2, 0) is 10.0 Å². The van der Waals surface area contributed by atoms with Crippen LogP contribution in [0.3, 0.4) is 0 Å². The summed E-state index contributed by atoms with van der Waals surface area (Å²) in [4.78, 5) is 3.83. The molecule has 1 aromatic carbocycles. The van der Waals surface area contributed by atoms with Crippen LogP contribution in [0, 0.1) is 11.6 Å². The lowest BCUT2D eigenvalue weighted by atomic mass is 9.94. The SMILES string of the molecule is O=S(=O)(NC1CCC(Oc2ccccn2)CC1)c1ccc(F)c(F)c1. The van der Waals surface area contributed by atoms with Crippen LogP contribution in [0.2, 0.25) is 0 Å². The van der Waals surface area contributed by atoms with E-state index in [1.807, 2.05) is 6.07 Å². The third-order valence-electron chi connectivity index (χ3n) is 4.12. The van der Waals surface area contributed by atoms with Crippen molar-refractivity contribution in [3.63, 3.8) is 0 Å². The lowest BCUT2D eigenvalue weighted by Gasteiger charge is -2.29. The van der Waals surface area contributed by atoms with E-state index in [0.717, 1.165) is 12.1 Å². The highest BCUT2D eigenvalue weighted by molar-refractivity contribution is 7.89. The first-order chi connectivity index (χ1) is 11.9. The first-order valence-electron chi connectivity index (χ1n) is 7.99. The molecule has 1 saturated carbocycles. The van der Waals surface area contributed by atoms with E-state index < -0.39 is 21.7 Å². The van der Waals surface area contributed by atoms with Gasteiger partial charge in [-0.25, -0.2) is 26.9 Å². The molecule has 134 valence electrons. The maximum absolute atomic E-state index is 13.3. The molecule has 25 heavy (non-hydrogen) atoms. The van der Waals surface area contributed by atoms with Gasteiger partial charge in [0.1, 0.15) is 6.10 Å². The second-order valence-corrected chi connectivity index (χ2v) is 7.67. The molecule has 1 heterocycles. The van der Waals surface area contributed by atoms with E-state index >= 15 is 0 Å². The van der Waals surface area contributed by atoms with Gasteiger partial charge in [-0.15, -0.1) is 0 Å². The van der Waals surface area contributed by atoms with Crippen molar-refractivity contribution in [2.24, 2.45) is 0 Å². The summed E-state index contributed by atoms with van der Waals surface area (Å²) in [5, 5.41) is 0. The molecule has 1 aromatic heterocycles. The van der Waals surface area contributed by atoms with E-state index in [1.165, 1.54) is 0 Å². The van der Waals surface area contributed by atoms with Crippen LogP contribution in [0.4, 0.5) is 8.78 Å². The molecule has 5 nitrogen and oxygen atoms in total. The molecular formula is C17H18F2N2O3S. The molecule has 1 aliphatic carbocycles. The zero-order valence-electron chi connectivity index (χ0n) is 13.4. The van der Waals surface area contributed by atoms with Crippen molar-refractivity contribution in [2.75, 3.05) is 0 Å². The number of hydrogen-bond donors (Lipinski definition) is 1. The van der Waals surface area contributed by atoms with Crippen LogP contribution >= 0.6 is 0 Å². The number of sulfonamides is 1. The van der Waals surface area contributed by atoms with Crippen LogP contribution < -0.4 is 9.46 Å². The first kappa shape index (κ1) is 17.8. The molecule has 2 aromatic rings. The topological polar surface area (TPSA) is 68.3 Å². The summed E-state index contributed by atoms with van der Waals surface area (Å²) in [6.45, 7) is 0. The predicted molar refractivity (Wildman–Crippen MR) is 87.6 cm³/mol. The molecule has 0 spiro atoms. The number of rotatable bonds is 5. The number of ether oxygens (including phenoxy) is 1. The average molecular weight is 368 g/mol. The zero-order valence-corrected chi connectivity index (χ0v) is 14.2. The zero-order chi connectivity index (χ0) is 17.9. The van der Waals surface area contributed by atoms with Crippen molar-refractivity contribution < 1.29 is 21.9 Å². The Balaban J connectivity index is 1.57. The van der Waals surface area contributed by atoms with Crippen LogP contribution in [0.15, 0.2) is 47.5 Å². The molecule has 0 aliphatic heterocycles. The van der Waals surface area contributed by atoms with E-state index in [-0.39, 0.29) is 17.0 Å². The van der Waals surface area contributed by atoms with Gasteiger partial charge in [0.25, 0.3) is 0 Å². The number of benzene rings is 1. The quantitative estimate of drug-likeness (QED) is 0.881. The molecule has 3 rings (SSSR count). The Morgan fingerprint density at radius 1 is 1.04 bits per heavy atom. The Morgan fingerprint density at radius 3 is 2.44 bits per heavy atom. The Kier molecular flexibility index (Phi) is 5.29. The fraction of sp³-hybridized carbons (Fsp3) is 0.353. The minimum atomic E-state index is -3.89. The number of aromatic nitrogens is 1. The minimum absolute atomic E-state index is 0.0149. The monoisotopic (exact) mass is 368 g/mol. The second-order valence-electron chi connectivity index (χ2n) is 5.96. The van der Waals surface area contributed by atoms with Gasteiger partial charge in [0, 0.05) is 18.3 Å². The summed E-state index contributed by atoms with van der Waals surface area (Å²) in [7, 11) is -3.89. The van der Waals surface area contributed by atoms with Gasteiger partial charge in [0.2, 0.25) is 15.9 Å². The first-order valence-corrected chi connectivity index (χ1v) is 9.47. The summed E-state index contributed by atoms with van der Waals surface area (Å²) in [5.41, 5.74) is 0. The number of halogens is 2. The summed E-state index contributed by atoms with van der Waals surface area (Å²) >= 11 is 0. The minimum Gasteiger partial charge on any atom is -0.474 e. The highest BCUT2D eigenvalue weighted by Crippen LogP contribution is 2.24. The van der Waals surface area contributed by atoms with Crippen LogP contribution in [0.25, 0.3) is 0 Å². The maximum Gasteiger partial charge on any atom is 0.240 e. The van der Waals surface area contributed by atoms with Crippen molar-refractivity contribution >= 4 is 10.0 Å². The average Bonchev–Trinajstić information content (AvgIpc) is 2.60. The third-order valence-corrected chi connectivity index (χ3v) is 5.64. The molecule has 1 aliphatic rings. The van der Waals surface area contributed by atoms with Gasteiger partial charge in [-0.05, 0) is 49.9 Å². The number of hydrogen-bond acceptors (Lipinski definition) is 4. The summed E-state index contributed by atoms with van der Waals surface area (Å²) < 4.78 is 59.1. The molecule has 8 heteroatoms. The van der Waals surface area contributed by atoms with Gasteiger partial charge in [0.05, 0.1) is 4.90 Å². The fourth-order valence-electron chi connectivity index (χ4n) is 2.82. The van der Waals surface area contributed by atoms with Gasteiger partial charge >= 0.3 is 0 Å². The Morgan fingerprint density at radius 2 is 1.80 bits per heavy atom. The molecule has 0 radical (unpaired) electrons. The van der Waals surface area contributed by atoms with Gasteiger partial charge in [-0.2, -0.15) is 0 Å². The molecule has 0 unspecified atom stereocenters. The maximum atomic E-state index is 13.3. The van der Waals surface area contributed by atoms with Gasteiger partial charge in [-0.1, -0.05) is 6.07 Å². The summed E-state index contributed by atoms with van der Waals surface area (Å²) in [5.74, 6) is -1.71. The van der Waals surface area contributed by atoms with Gasteiger partial charge in [-0.3, -0.25) is 0 Å². The lowest BCUT2D eigenvalue weighted by molar-refractivity contribution is 0.138. The standard InChI is InChI=1S/C17H18F2N2O3S/c18-15-9-8-14(11-16(15)19)25(22,23)21-12-4-6-13(7-5-12)24-17-3-1-2-10-20-17/h1-3,8-13,21H,4-7H2. The smallest absolute Gasteiger partial charge is 0.240 e. The molecule has 1 fully saturated rings. The Bertz CT molecular complexity index is 823. The highest BCUT2D eigenvalue weighted by Gasteiger charge is 2.27. The molecular weight excluding hydrogens is 350 g/mol. The van der Waals surface area contributed by atoms with Crippen molar-refractivity contribution in [2.45, 2.75) is 42.7 Å². The van der Waals surface area contributed by atoms with E-state index in [2.05, 4.69) is 9.71 Å². The normalized spacial score (nSPS) is 21.0. The highest BCUT2D eigenvalue weighted by atomic mass is 32.2. The van der Waals surface area contributed by atoms with Crippen molar-refractivity contribution in [1.29, 1.82) is 0 Å². The lowest BCUT2D eigenvalue weighted by Crippen LogP contribution is -2.39. The van der Waals surface area contributed by atoms with E-state index in [0.29, 0.717) is 37.6 Å². The van der Waals surface area contributed by atoms with Crippen molar-refractivity contribution in [3.8, 4) is 5.88 Å². The molecule has 1 N–H and O–H groups in total. The van der Waals surface area contributed by atoms with Crippen molar-refractivity contribution in [3.05, 3.63) is 54.2 Å². The van der Waals surface area contributed by atoms with E-state index in [9.17, 15) is 17.2 Å². The number of nitrogens with zero attached hydrogens (tertiary/aromatic N) is 1. The Labute approximate surface area is 145 Å². The fourth-order valence-corrected chi connectivity index (χ4v) is 4.13. The third kappa shape index (κ3) is 4.52. The van der Waals surface area contributed by atoms with Crippen molar-refractivity contribution in [1.82, 2.24) is 9.71 Å². The molecule has 0 bridgehead atoms. The van der Waals surface area contributed by atoms with Gasteiger partial charge < -0.3 is 4.74 Å². The summed E-state index contributed by atoms with van der Waals surface area (Å²) in [6.07, 6.45) is 4.19. The number of nitrogens with one attached hydrogen (secondary N) is 1. The second kappa shape index (κ2) is 7.45. The predicted octanol–water partition coefficient (Wildman–Crippen LogP) is 3.03. The molecule has 0 amide bonds. The molecule has 0 atom stereocenters.